The van der Waals surface area contributed by atoms with Gasteiger partial charge in [-0.25, -0.2) is 9.97 Å². The summed E-state index contributed by atoms with van der Waals surface area (Å²) in [6, 6.07) is 5.68. The summed E-state index contributed by atoms with van der Waals surface area (Å²) in [5, 5.41) is 1.13. The molecule has 1 saturated heterocycles. The Morgan fingerprint density at radius 3 is 2.74 bits per heavy atom. The Morgan fingerprint density at radius 2 is 1.89 bits per heavy atom. The van der Waals surface area contributed by atoms with E-state index in [1.807, 2.05) is 30.7 Å². The topological polar surface area (TPSA) is 33.4 Å². The van der Waals surface area contributed by atoms with E-state index in [-0.39, 0.29) is 0 Å². The van der Waals surface area contributed by atoms with Gasteiger partial charge in [-0.3, -0.25) is 4.40 Å². The largest absolute Gasteiger partial charge is 0.341 e. The van der Waals surface area contributed by atoms with Crippen LogP contribution in [0.25, 0.3) is 5.65 Å². The molecule has 1 saturated carbocycles. The Morgan fingerprint density at radius 1 is 1.04 bits per heavy atom. The third-order valence-corrected chi connectivity index (χ3v) is 7.89. The number of imidazole rings is 1. The van der Waals surface area contributed by atoms with E-state index in [0.717, 1.165) is 34.5 Å². The number of aromatic nitrogens is 3. The van der Waals surface area contributed by atoms with Crippen molar-refractivity contribution in [2.45, 2.75) is 41.9 Å². The zero-order valence-electron chi connectivity index (χ0n) is 14.9. The summed E-state index contributed by atoms with van der Waals surface area (Å²) in [6.45, 7) is 2.19. The second-order valence-electron chi connectivity index (χ2n) is 7.58. The van der Waals surface area contributed by atoms with E-state index < -0.39 is 0 Å². The van der Waals surface area contributed by atoms with E-state index in [2.05, 4.69) is 14.3 Å². The van der Waals surface area contributed by atoms with Crippen LogP contribution in [-0.4, -0.2) is 27.5 Å². The van der Waals surface area contributed by atoms with Crippen molar-refractivity contribution in [1.82, 2.24) is 14.4 Å². The molecule has 140 valence electrons. The normalized spacial score (nSPS) is 18.8. The van der Waals surface area contributed by atoms with Crippen molar-refractivity contribution in [2.24, 2.45) is 5.41 Å². The van der Waals surface area contributed by atoms with Gasteiger partial charge in [0.25, 0.3) is 0 Å². The summed E-state index contributed by atoms with van der Waals surface area (Å²) in [5.74, 6) is 0.993. The molecule has 5 rings (SSSR count). The second kappa shape index (κ2) is 6.87. The van der Waals surface area contributed by atoms with E-state index >= 15 is 0 Å². The van der Waals surface area contributed by atoms with Crippen LogP contribution >= 0.6 is 35.0 Å². The van der Waals surface area contributed by atoms with Gasteiger partial charge in [0, 0.05) is 36.6 Å². The Hall–Kier alpha value is -1.43. The summed E-state index contributed by atoms with van der Waals surface area (Å²) in [5.41, 5.74) is 1.42. The van der Waals surface area contributed by atoms with Gasteiger partial charge in [0.1, 0.15) is 0 Å². The molecule has 3 heterocycles. The zero-order chi connectivity index (χ0) is 18.4. The summed E-state index contributed by atoms with van der Waals surface area (Å²) >= 11 is 14.1. The van der Waals surface area contributed by atoms with E-state index in [9.17, 15) is 0 Å². The van der Waals surface area contributed by atoms with E-state index in [0.29, 0.717) is 15.5 Å². The average Bonchev–Trinajstić information content (AvgIpc) is 3.41. The molecular weight excluding hydrogens is 399 g/mol. The van der Waals surface area contributed by atoms with Gasteiger partial charge in [0.05, 0.1) is 14.9 Å². The van der Waals surface area contributed by atoms with Gasteiger partial charge in [-0.2, -0.15) is 0 Å². The zero-order valence-corrected chi connectivity index (χ0v) is 17.2. The first-order valence-corrected chi connectivity index (χ1v) is 10.9. The summed E-state index contributed by atoms with van der Waals surface area (Å²) in [4.78, 5) is 13.7. The fourth-order valence-electron chi connectivity index (χ4n) is 4.51. The van der Waals surface area contributed by atoms with Crippen LogP contribution < -0.4 is 4.90 Å². The minimum atomic E-state index is 0.510. The molecule has 0 atom stereocenters. The number of hydrogen-bond donors (Lipinski definition) is 0. The average molecular weight is 419 g/mol. The van der Waals surface area contributed by atoms with Crippen LogP contribution in [0.2, 0.25) is 10.0 Å². The number of nitrogens with zero attached hydrogens (tertiary/aromatic N) is 4. The van der Waals surface area contributed by atoms with Crippen LogP contribution in [0.1, 0.15) is 32.1 Å². The van der Waals surface area contributed by atoms with Crippen molar-refractivity contribution < 1.29 is 0 Å². The maximum absolute atomic E-state index is 6.36. The van der Waals surface area contributed by atoms with E-state index in [1.54, 1.807) is 17.8 Å². The van der Waals surface area contributed by atoms with Crippen molar-refractivity contribution in [1.29, 1.82) is 0 Å². The molecule has 2 fully saturated rings. The fourth-order valence-corrected chi connectivity index (χ4v) is 5.91. The lowest BCUT2D eigenvalue weighted by molar-refractivity contribution is 0.340. The van der Waals surface area contributed by atoms with Crippen molar-refractivity contribution in [2.75, 3.05) is 18.0 Å². The predicted octanol–water partition coefficient (Wildman–Crippen LogP) is 5.96. The Labute approximate surface area is 172 Å². The van der Waals surface area contributed by atoms with Crippen molar-refractivity contribution in [3.63, 3.8) is 0 Å². The van der Waals surface area contributed by atoms with Crippen molar-refractivity contribution >= 4 is 46.6 Å². The third kappa shape index (κ3) is 3.10. The van der Waals surface area contributed by atoms with Gasteiger partial charge in [-0.15, -0.1) is 0 Å². The monoisotopic (exact) mass is 418 g/mol. The van der Waals surface area contributed by atoms with Gasteiger partial charge in [0.15, 0.2) is 5.65 Å². The van der Waals surface area contributed by atoms with Gasteiger partial charge in [-0.1, -0.05) is 53.9 Å². The Kier molecular flexibility index (Phi) is 4.49. The highest BCUT2D eigenvalue weighted by Gasteiger charge is 2.41. The van der Waals surface area contributed by atoms with E-state index in [4.69, 9.17) is 28.2 Å². The summed E-state index contributed by atoms with van der Waals surface area (Å²) < 4.78 is 2.11. The standard InChI is InChI=1S/C20H20Cl2N4S/c21-14-4-3-5-15(17(14)22)27-16-12-24-19(26-11-9-23-18(16)26)25-10-8-20(13-25)6-1-2-7-20/h3-5,9,11-12H,1-2,6-8,10,13H2. The predicted molar refractivity (Wildman–Crippen MR) is 111 cm³/mol. The molecule has 3 aromatic rings. The highest BCUT2D eigenvalue weighted by Crippen LogP contribution is 2.46. The molecular formula is C20H20Cl2N4S. The minimum absolute atomic E-state index is 0.510. The molecule has 7 heteroatoms. The van der Waals surface area contributed by atoms with Gasteiger partial charge in [0.2, 0.25) is 5.95 Å². The maximum Gasteiger partial charge on any atom is 0.211 e. The van der Waals surface area contributed by atoms with Gasteiger partial charge < -0.3 is 4.90 Å². The van der Waals surface area contributed by atoms with Crippen LogP contribution in [0.5, 0.6) is 0 Å². The van der Waals surface area contributed by atoms with Gasteiger partial charge in [-0.05, 0) is 36.8 Å². The van der Waals surface area contributed by atoms with E-state index in [1.165, 1.54) is 32.1 Å². The first-order chi connectivity index (χ1) is 13.2. The first kappa shape index (κ1) is 17.7. The van der Waals surface area contributed by atoms with Crippen LogP contribution in [-0.2, 0) is 0 Å². The molecule has 27 heavy (non-hydrogen) atoms. The molecule has 0 unspecified atom stereocenters. The summed E-state index contributed by atoms with van der Waals surface area (Å²) in [7, 11) is 0. The lowest BCUT2D eigenvalue weighted by Gasteiger charge is -2.24. The van der Waals surface area contributed by atoms with Crippen molar-refractivity contribution in [3.8, 4) is 0 Å². The molecule has 0 amide bonds. The molecule has 1 spiro atoms. The number of halogens is 2. The molecule has 4 nitrogen and oxygen atoms in total. The molecule has 1 aromatic carbocycles. The quantitative estimate of drug-likeness (QED) is 0.525. The van der Waals surface area contributed by atoms with Crippen LogP contribution in [0, 0.1) is 5.41 Å². The number of benzene rings is 1. The SMILES string of the molecule is Clc1cccc(Sc2cnc(N3CCC4(CCCC4)C3)n3ccnc23)c1Cl. The number of fused-ring (bicyclic) bond motifs is 1. The maximum atomic E-state index is 6.36. The third-order valence-electron chi connectivity index (χ3n) is 5.90. The first-order valence-electron chi connectivity index (χ1n) is 9.34. The number of hydrogen-bond acceptors (Lipinski definition) is 4. The van der Waals surface area contributed by atoms with Crippen LogP contribution in [0.15, 0.2) is 46.6 Å². The fraction of sp³-hybridized carbons (Fsp3) is 0.400. The van der Waals surface area contributed by atoms with Gasteiger partial charge >= 0.3 is 0 Å². The lowest BCUT2D eigenvalue weighted by Crippen LogP contribution is -2.27. The smallest absolute Gasteiger partial charge is 0.211 e. The molecule has 1 aliphatic heterocycles. The molecule has 2 aromatic heterocycles. The molecule has 1 aliphatic carbocycles. The molecule has 0 radical (unpaired) electrons. The highest BCUT2D eigenvalue weighted by molar-refractivity contribution is 7.99. The van der Waals surface area contributed by atoms with Crippen molar-refractivity contribution in [3.05, 3.63) is 46.8 Å². The molecule has 2 aliphatic rings. The Balaban J connectivity index is 1.48. The number of anilines is 1. The minimum Gasteiger partial charge on any atom is -0.341 e. The van der Waals surface area contributed by atoms with Crippen LogP contribution in [0.4, 0.5) is 5.95 Å². The second-order valence-corrected chi connectivity index (χ2v) is 9.44. The highest BCUT2D eigenvalue weighted by atomic mass is 35.5. The summed E-state index contributed by atoms with van der Waals surface area (Å²) in [6.07, 6.45) is 12.5. The molecule has 0 N–H and O–H groups in total. The lowest BCUT2D eigenvalue weighted by atomic mass is 9.86. The molecule has 0 bridgehead atoms. The Bertz CT molecular complexity index is 997. The number of rotatable bonds is 3. The van der Waals surface area contributed by atoms with Crippen LogP contribution in [0.3, 0.4) is 0 Å².